The minimum atomic E-state index is -0.127. The van der Waals surface area contributed by atoms with Crippen LogP contribution in [0.5, 0.6) is 0 Å². The summed E-state index contributed by atoms with van der Waals surface area (Å²) >= 11 is 4.61. The van der Waals surface area contributed by atoms with E-state index < -0.39 is 0 Å². The molecule has 0 aliphatic heterocycles. The maximum atomic E-state index is 11.8. The second-order valence-corrected chi connectivity index (χ2v) is 5.51. The van der Waals surface area contributed by atoms with Crippen LogP contribution in [0.2, 0.25) is 0 Å². The molecule has 1 aromatic carbocycles. The quantitative estimate of drug-likeness (QED) is 0.654. The van der Waals surface area contributed by atoms with Crippen LogP contribution in [-0.2, 0) is 4.79 Å². The average molecular weight is 342 g/mol. The molecule has 1 heterocycles. The van der Waals surface area contributed by atoms with E-state index in [4.69, 9.17) is 5.84 Å². The zero-order valence-corrected chi connectivity index (χ0v) is 12.5. The molecule has 6 nitrogen and oxygen atoms in total. The largest absolute Gasteiger partial charge is 0.336 e. The van der Waals surface area contributed by atoms with E-state index >= 15 is 0 Å². The molecule has 0 radical (unpaired) electrons. The summed E-state index contributed by atoms with van der Waals surface area (Å²) in [6.07, 6.45) is 0. The predicted octanol–water partition coefficient (Wildman–Crippen LogP) is 1.79. The average Bonchev–Trinajstić information content (AvgIpc) is 2.70. The number of halogens is 1. The third-order valence-electron chi connectivity index (χ3n) is 2.32. The number of rotatable bonds is 4. The number of amides is 1. The van der Waals surface area contributed by atoms with Gasteiger partial charge in [-0.25, -0.2) is 4.68 Å². The summed E-state index contributed by atoms with van der Waals surface area (Å²) in [5, 5.41) is 11.0. The molecule has 3 N–H and O–H groups in total. The molecule has 2 rings (SSSR count). The molecule has 0 aliphatic carbocycles. The minimum Gasteiger partial charge on any atom is -0.336 e. The van der Waals surface area contributed by atoms with Crippen LogP contribution in [-0.4, -0.2) is 26.5 Å². The summed E-state index contributed by atoms with van der Waals surface area (Å²) in [7, 11) is 0. The van der Waals surface area contributed by atoms with Gasteiger partial charge in [0.2, 0.25) is 11.1 Å². The standard InChI is InChI=1S/C11H12BrN5OS/c1-7-15-16-11(17(7)13)19-6-10(18)14-9-5-3-2-4-8(9)12/h2-5H,6,13H2,1H3,(H,14,18). The topological polar surface area (TPSA) is 85.8 Å². The van der Waals surface area contributed by atoms with E-state index in [0.29, 0.717) is 11.0 Å². The molecule has 8 heteroatoms. The van der Waals surface area contributed by atoms with Crippen LogP contribution in [0.25, 0.3) is 0 Å². The number of anilines is 1. The van der Waals surface area contributed by atoms with E-state index in [0.717, 1.165) is 10.2 Å². The van der Waals surface area contributed by atoms with Crippen LogP contribution >= 0.6 is 27.7 Å². The van der Waals surface area contributed by atoms with Crippen LogP contribution in [0, 0.1) is 6.92 Å². The molecule has 0 aliphatic rings. The summed E-state index contributed by atoms with van der Waals surface area (Å²) in [5.74, 6) is 6.39. The fourth-order valence-electron chi connectivity index (χ4n) is 1.33. The zero-order valence-electron chi connectivity index (χ0n) is 10.1. The van der Waals surface area contributed by atoms with Gasteiger partial charge in [0.05, 0.1) is 11.4 Å². The lowest BCUT2D eigenvalue weighted by atomic mass is 10.3. The van der Waals surface area contributed by atoms with Crippen molar-refractivity contribution < 1.29 is 4.79 Å². The number of carbonyl (C=O) groups is 1. The van der Waals surface area contributed by atoms with E-state index in [9.17, 15) is 4.79 Å². The molecule has 0 fully saturated rings. The Morgan fingerprint density at radius 2 is 2.21 bits per heavy atom. The number of nitrogens with two attached hydrogens (primary N) is 1. The van der Waals surface area contributed by atoms with E-state index in [1.807, 2.05) is 24.3 Å². The van der Waals surface area contributed by atoms with Crippen molar-refractivity contribution in [3.05, 3.63) is 34.6 Å². The highest BCUT2D eigenvalue weighted by molar-refractivity contribution is 9.10. The van der Waals surface area contributed by atoms with Crippen molar-refractivity contribution in [1.29, 1.82) is 0 Å². The van der Waals surface area contributed by atoms with Crippen molar-refractivity contribution >= 4 is 39.3 Å². The molecule has 0 atom stereocenters. The number of carbonyl (C=O) groups excluding carboxylic acids is 1. The highest BCUT2D eigenvalue weighted by atomic mass is 79.9. The maximum absolute atomic E-state index is 11.8. The van der Waals surface area contributed by atoms with Crippen molar-refractivity contribution in [1.82, 2.24) is 14.9 Å². The van der Waals surface area contributed by atoms with Crippen LogP contribution in [0.1, 0.15) is 5.82 Å². The van der Waals surface area contributed by atoms with Gasteiger partial charge in [-0.05, 0) is 35.0 Å². The number of benzene rings is 1. The number of thioether (sulfide) groups is 1. The van der Waals surface area contributed by atoms with Gasteiger partial charge in [-0.1, -0.05) is 23.9 Å². The number of para-hydroxylation sites is 1. The molecule has 2 aromatic rings. The Morgan fingerprint density at radius 3 is 2.84 bits per heavy atom. The van der Waals surface area contributed by atoms with Crippen molar-refractivity contribution in [2.24, 2.45) is 0 Å². The summed E-state index contributed by atoms with van der Waals surface area (Å²) < 4.78 is 2.20. The third kappa shape index (κ3) is 3.48. The first-order chi connectivity index (χ1) is 9.08. The Labute approximate surface area is 122 Å². The summed E-state index contributed by atoms with van der Waals surface area (Å²) in [6.45, 7) is 1.75. The first-order valence-corrected chi connectivity index (χ1v) is 7.20. The van der Waals surface area contributed by atoms with Gasteiger partial charge in [-0.3, -0.25) is 4.79 Å². The van der Waals surface area contributed by atoms with E-state index in [-0.39, 0.29) is 11.7 Å². The van der Waals surface area contributed by atoms with Crippen molar-refractivity contribution in [2.75, 3.05) is 16.9 Å². The monoisotopic (exact) mass is 341 g/mol. The van der Waals surface area contributed by atoms with E-state index in [1.54, 1.807) is 6.92 Å². The Morgan fingerprint density at radius 1 is 1.47 bits per heavy atom. The number of hydrogen-bond acceptors (Lipinski definition) is 5. The van der Waals surface area contributed by atoms with Crippen LogP contribution < -0.4 is 11.2 Å². The summed E-state index contributed by atoms with van der Waals surface area (Å²) in [6, 6.07) is 7.42. The first-order valence-electron chi connectivity index (χ1n) is 5.42. The summed E-state index contributed by atoms with van der Waals surface area (Å²) in [4.78, 5) is 11.8. The number of nitrogen functional groups attached to an aromatic ring is 1. The number of hydrogen-bond donors (Lipinski definition) is 2. The second kappa shape index (κ2) is 6.07. The van der Waals surface area contributed by atoms with E-state index in [1.165, 1.54) is 16.4 Å². The normalized spacial score (nSPS) is 10.4. The van der Waals surface area contributed by atoms with Gasteiger partial charge in [0.1, 0.15) is 5.82 Å². The lowest BCUT2D eigenvalue weighted by Gasteiger charge is -2.06. The van der Waals surface area contributed by atoms with Crippen LogP contribution in [0.4, 0.5) is 5.69 Å². The Bertz CT molecular complexity index is 601. The van der Waals surface area contributed by atoms with Crippen molar-refractivity contribution in [2.45, 2.75) is 12.1 Å². The Balaban J connectivity index is 1.92. The smallest absolute Gasteiger partial charge is 0.234 e. The Hall–Kier alpha value is -1.54. The molecule has 0 saturated heterocycles. The second-order valence-electron chi connectivity index (χ2n) is 3.72. The lowest BCUT2D eigenvalue weighted by Crippen LogP contribution is -2.16. The molecule has 0 unspecified atom stereocenters. The number of nitrogens with zero attached hydrogens (tertiary/aromatic N) is 3. The molecular formula is C11H12BrN5OS. The molecule has 0 bridgehead atoms. The SMILES string of the molecule is Cc1nnc(SCC(=O)Nc2ccccc2Br)n1N. The lowest BCUT2D eigenvalue weighted by molar-refractivity contribution is -0.113. The maximum Gasteiger partial charge on any atom is 0.234 e. The zero-order chi connectivity index (χ0) is 13.8. The van der Waals surface area contributed by atoms with Crippen LogP contribution in [0.3, 0.4) is 0 Å². The molecule has 0 saturated carbocycles. The van der Waals surface area contributed by atoms with Gasteiger partial charge in [0, 0.05) is 4.47 Å². The highest BCUT2D eigenvalue weighted by Gasteiger charge is 2.10. The van der Waals surface area contributed by atoms with Gasteiger partial charge in [-0.15, -0.1) is 10.2 Å². The summed E-state index contributed by atoms with van der Waals surface area (Å²) in [5.41, 5.74) is 0.735. The predicted molar refractivity (Wildman–Crippen MR) is 78.4 cm³/mol. The fourth-order valence-corrected chi connectivity index (χ4v) is 2.41. The molecule has 0 spiro atoms. The van der Waals surface area contributed by atoms with Gasteiger partial charge >= 0.3 is 0 Å². The van der Waals surface area contributed by atoms with E-state index in [2.05, 4.69) is 31.4 Å². The molecule has 1 amide bonds. The number of nitrogens with one attached hydrogen (secondary N) is 1. The minimum absolute atomic E-state index is 0.127. The van der Waals surface area contributed by atoms with Gasteiger partial charge in [0.15, 0.2) is 0 Å². The van der Waals surface area contributed by atoms with Crippen molar-refractivity contribution in [3.63, 3.8) is 0 Å². The highest BCUT2D eigenvalue weighted by Crippen LogP contribution is 2.22. The van der Waals surface area contributed by atoms with Gasteiger partial charge < -0.3 is 11.2 Å². The molecular weight excluding hydrogens is 330 g/mol. The number of aryl methyl sites for hydroxylation is 1. The molecule has 19 heavy (non-hydrogen) atoms. The first kappa shape index (κ1) is 13.9. The molecule has 100 valence electrons. The number of aromatic nitrogens is 3. The van der Waals surface area contributed by atoms with Gasteiger partial charge in [0.25, 0.3) is 0 Å². The third-order valence-corrected chi connectivity index (χ3v) is 3.95. The fraction of sp³-hybridized carbons (Fsp3) is 0.182. The van der Waals surface area contributed by atoms with Crippen LogP contribution in [0.15, 0.2) is 33.9 Å². The van der Waals surface area contributed by atoms with Crippen molar-refractivity contribution in [3.8, 4) is 0 Å². The molecule has 1 aromatic heterocycles. The Kier molecular flexibility index (Phi) is 4.43. The van der Waals surface area contributed by atoms with Gasteiger partial charge in [-0.2, -0.15) is 0 Å².